The van der Waals surface area contributed by atoms with Gasteiger partial charge in [-0.25, -0.2) is 0 Å². The average molecular weight is 198 g/mol. The van der Waals surface area contributed by atoms with Gasteiger partial charge < -0.3 is 9.84 Å². The molecule has 1 aliphatic carbocycles. The van der Waals surface area contributed by atoms with Crippen molar-refractivity contribution in [1.29, 1.82) is 0 Å². The highest BCUT2D eigenvalue weighted by Gasteiger charge is 2.19. The second-order valence-electron chi connectivity index (χ2n) is 3.61. The molecule has 0 saturated heterocycles. The van der Waals surface area contributed by atoms with E-state index in [-0.39, 0.29) is 18.1 Å². The zero-order chi connectivity index (χ0) is 10.4. The van der Waals surface area contributed by atoms with Crippen LogP contribution in [0.1, 0.15) is 39.0 Å². The summed E-state index contributed by atoms with van der Waals surface area (Å²) in [6.07, 6.45) is 4.03. The maximum atomic E-state index is 11.4. The average Bonchev–Trinajstić information content (AvgIpc) is 2.16. The zero-order valence-corrected chi connectivity index (χ0v) is 8.71. The van der Waals surface area contributed by atoms with E-state index >= 15 is 0 Å². The van der Waals surface area contributed by atoms with Crippen LogP contribution in [0.4, 0.5) is 0 Å². The van der Waals surface area contributed by atoms with Gasteiger partial charge in [-0.1, -0.05) is 13.3 Å². The summed E-state index contributed by atoms with van der Waals surface area (Å²) < 4.78 is 5.32. The van der Waals surface area contributed by atoms with E-state index in [1.165, 1.54) is 0 Å². The maximum Gasteiger partial charge on any atom is 0.164 e. The Balaban J connectivity index is 2.37. The standard InChI is InChI=1S/C11H18O3/c1-2-3-7-14-8-9-10(12)5-4-6-11(9)13/h12H,2-8H2,1H3. The van der Waals surface area contributed by atoms with Crippen LogP contribution in [0.25, 0.3) is 0 Å². The van der Waals surface area contributed by atoms with Crippen LogP contribution in [-0.4, -0.2) is 24.1 Å². The lowest BCUT2D eigenvalue weighted by molar-refractivity contribution is -0.117. The molecule has 0 aliphatic heterocycles. The predicted octanol–water partition coefficient (Wildman–Crippen LogP) is 2.37. The van der Waals surface area contributed by atoms with E-state index in [0.717, 1.165) is 19.3 Å². The number of ketones is 1. The Hall–Kier alpha value is -0.830. The third-order valence-corrected chi connectivity index (χ3v) is 2.39. The lowest BCUT2D eigenvalue weighted by Crippen LogP contribution is -2.16. The van der Waals surface area contributed by atoms with E-state index in [1.54, 1.807) is 0 Å². The van der Waals surface area contributed by atoms with Crippen molar-refractivity contribution >= 4 is 5.78 Å². The molecule has 0 spiro atoms. The Labute approximate surface area is 84.8 Å². The van der Waals surface area contributed by atoms with Gasteiger partial charge in [0.25, 0.3) is 0 Å². The molecule has 1 rings (SSSR count). The molecule has 14 heavy (non-hydrogen) atoms. The third-order valence-electron chi connectivity index (χ3n) is 2.39. The molecule has 0 radical (unpaired) electrons. The minimum atomic E-state index is 0.0465. The fourth-order valence-electron chi connectivity index (χ4n) is 1.46. The number of carbonyl (C=O) groups is 1. The SMILES string of the molecule is CCCCOCC1=C(O)CCCC1=O. The third kappa shape index (κ3) is 3.14. The van der Waals surface area contributed by atoms with E-state index in [1.807, 2.05) is 0 Å². The molecule has 3 nitrogen and oxygen atoms in total. The van der Waals surface area contributed by atoms with Gasteiger partial charge in [0.15, 0.2) is 5.78 Å². The number of aliphatic hydroxyl groups is 1. The summed E-state index contributed by atoms with van der Waals surface area (Å²) >= 11 is 0. The van der Waals surface area contributed by atoms with Crippen molar-refractivity contribution < 1.29 is 14.6 Å². The van der Waals surface area contributed by atoms with Crippen molar-refractivity contribution in [1.82, 2.24) is 0 Å². The van der Waals surface area contributed by atoms with Crippen LogP contribution >= 0.6 is 0 Å². The molecule has 0 atom stereocenters. The van der Waals surface area contributed by atoms with Gasteiger partial charge >= 0.3 is 0 Å². The van der Waals surface area contributed by atoms with Crippen molar-refractivity contribution in [3.8, 4) is 0 Å². The molecule has 0 aromatic heterocycles. The summed E-state index contributed by atoms with van der Waals surface area (Å²) in [5.74, 6) is 0.281. The van der Waals surface area contributed by atoms with Crippen molar-refractivity contribution in [2.24, 2.45) is 0 Å². The monoisotopic (exact) mass is 198 g/mol. The molecule has 0 heterocycles. The van der Waals surface area contributed by atoms with Crippen LogP contribution < -0.4 is 0 Å². The summed E-state index contributed by atoms with van der Waals surface area (Å²) in [6, 6.07) is 0. The molecule has 0 saturated carbocycles. The lowest BCUT2D eigenvalue weighted by Gasteiger charge is -2.14. The Kier molecular flexibility index (Phi) is 4.66. The molecule has 0 fully saturated rings. The van der Waals surface area contributed by atoms with E-state index in [4.69, 9.17) is 4.74 Å². The second kappa shape index (κ2) is 5.81. The molecule has 0 bridgehead atoms. The first-order valence-electron chi connectivity index (χ1n) is 5.27. The topological polar surface area (TPSA) is 46.5 Å². The van der Waals surface area contributed by atoms with Crippen molar-refractivity contribution in [2.45, 2.75) is 39.0 Å². The van der Waals surface area contributed by atoms with Gasteiger partial charge in [0.2, 0.25) is 0 Å². The number of hydrogen-bond donors (Lipinski definition) is 1. The van der Waals surface area contributed by atoms with Crippen LogP contribution in [0.3, 0.4) is 0 Å². The minimum Gasteiger partial charge on any atom is -0.512 e. The first-order valence-corrected chi connectivity index (χ1v) is 5.27. The van der Waals surface area contributed by atoms with Gasteiger partial charge in [0.05, 0.1) is 12.2 Å². The first kappa shape index (κ1) is 11.2. The van der Waals surface area contributed by atoms with E-state index in [0.29, 0.717) is 25.0 Å². The Morgan fingerprint density at radius 1 is 1.43 bits per heavy atom. The van der Waals surface area contributed by atoms with Crippen LogP contribution in [0, 0.1) is 0 Å². The van der Waals surface area contributed by atoms with Gasteiger partial charge in [-0.15, -0.1) is 0 Å². The summed E-state index contributed by atoms with van der Waals surface area (Å²) in [5.41, 5.74) is 0.493. The summed E-state index contributed by atoms with van der Waals surface area (Å²) in [6.45, 7) is 3.04. The van der Waals surface area contributed by atoms with Gasteiger partial charge in [-0.3, -0.25) is 4.79 Å². The number of allylic oxidation sites excluding steroid dienone is 1. The number of unbranched alkanes of at least 4 members (excludes halogenated alkanes) is 1. The van der Waals surface area contributed by atoms with Crippen molar-refractivity contribution in [3.63, 3.8) is 0 Å². The van der Waals surface area contributed by atoms with Crippen LogP contribution in [0.15, 0.2) is 11.3 Å². The van der Waals surface area contributed by atoms with Crippen LogP contribution in [0.5, 0.6) is 0 Å². The van der Waals surface area contributed by atoms with E-state index in [9.17, 15) is 9.90 Å². The molecule has 0 aromatic carbocycles. The highest BCUT2D eigenvalue weighted by atomic mass is 16.5. The minimum absolute atomic E-state index is 0.0465. The van der Waals surface area contributed by atoms with E-state index < -0.39 is 0 Å². The van der Waals surface area contributed by atoms with E-state index in [2.05, 4.69) is 6.92 Å². The van der Waals surface area contributed by atoms with Crippen molar-refractivity contribution in [3.05, 3.63) is 11.3 Å². The largest absolute Gasteiger partial charge is 0.512 e. The summed E-state index contributed by atoms with van der Waals surface area (Å²) in [5, 5.41) is 9.47. The van der Waals surface area contributed by atoms with Gasteiger partial charge in [0, 0.05) is 19.4 Å². The lowest BCUT2D eigenvalue weighted by atomic mass is 9.97. The summed E-state index contributed by atoms with van der Waals surface area (Å²) in [4.78, 5) is 11.4. The van der Waals surface area contributed by atoms with Crippen molar-refractivity contribution in [2.75, 3.05) is 13.2 Å². The molecule has 0 amide bonds. The van der Waals surface area contributed by atoms with Crippen LogP contribution in [0.2, 0.25) is 0 Å². The number of Topliss-reactive ketones (excluding diaryl/α,β-unsaturated/α-hetero) is 1. The molecule has 1 aliphatic rings. The fraction of sp³-hybridized carbons (Fsp3) is 0.727. The number of carbonyl (C=O) groups excluding carboxylic acids is 1. The maximum absolute atomic E-state index is 11.4. The Morgan fingerprint density at radius 3 is 2.86 bits per heavy atom. The molecule has 80 valence electrons. The zero-order valence-electron chi connectivity index (χ0n) is 8.71. The number of aliphatic hydroxyl groups excluding tert-OH is 1. The second-order valence-corrected chi connectivity index (χ2v) is 3.61. The number of hydrogen-bond acceptors (Lipinski definition) is 3. The first-order chi connectivity index (χ1) is 6.75. The predicted molar refractivity (Wildman–Crippen MR) is 54.2 cm³/mol. The molecule has 0 unspecified atom stereocenters. The Bertz CT molecular complexity index is 231. The number of rotatable bonds is 5. The van der Waals surface area contributed by atoms with Gasteiger partial charge in [-0.2, -0.15) is 0 Å². The molecule has 0 aromatic rings. The van der Waals surface area contributed by atoms with Gasteiger partial charge in [-0.05, 0) is 12.8 Å². The molecular formula is C11H18O3. The molecule has 3 heteroatoms. The van der Waals surface area contributed by atoms with Gasteiger partial charge in [0.1, 0.15) is 5.76 Å². The normalized spacial score (nSPS) is 17.6. The summed E-state index contributed by atoms with van der Waals surface area (Å²) in [7, 11) is 0. The molecular weight excluding hydrogens is 180 g/mol. The molecule has 1 N–H and O–H groups in total. The highest BCUT2D eigenvalue weighted by Crippen LogP contribution is 2.19. The smallest absolute Gasteiger partial charge is 0.164 e. The van der Waals surface area contributed by atoms with Crippen LogP contribution in [-0.2, 0) is 9.53 Å². The fourth-order valence-corrected chi connectivity index (χ4v) is 1.46. The Morgan fingerprint density at radius 2 is 2.21 bits per heavy atom. The highest BCUT2D eigenvalue weighted by molar-refractivity contribution is 5.96. The quantitative estimate of drug-likeness (QED) is 0.690. The number of ether oxygens (including phenoxy) is 1.